The molecule has 0 amide bonds. The largest absolute Gasteiger partial charge is 0.465 e. The topological polar surface area (TPSA) is 52.3 Å². The van der Waals surface area contributed by atoms with Crippen LogP contribution in [0.2, 0.25) is 0 Å². The summed E-state index contributed by atoms with van der Waals surface area (Å²) in [5.74, 6) is 0.0500. The molecule has 0 bridgehead atoms. The Morgan fingerprint density at radius 3 is 2.55 bits per heavy atom. The van der Waals surface area contributed by atoms with E-state index < -0.39 is 5.54 Å². The van der Waals surface area contributed by atoms with Gasteiger partial charge in [0, 0.05) is 0 Å². The molecule has 1 fully saturated rings. The molecular formula is C7H14ClNO2. The smallest absolute Gasteiger partial charge is 0.326 e. The van der Waals surface area contributed by atoms with Crippen molar-refractivity contribution in [3.63, 3.8) is 0 Å². The lowest BCUT2D eigenvalue weighted by Crippen LogP contribution is -2.36. The van der Waals surface area contributed by atoms with Crippen LogP contribution >= 0.6 is 12.4 Å². The van der Waals surface area contributed by atoms with E-state index in [1.54, 1.807) is 6.92 Å². The first-order valence-electron chi connectivity index (χ1n) is 3.57. The van der Waals surface area contributed by atoms with Crippen LogP contribution < -0.4 is 5.73 Å². The lowest BCUT2D eigenvalue weighted by atomic mass is 10.2. The van der Waals surface area contributed by atoms with Crippen molar-refractivity contribution in [2.24, 2.45) is 11.7 Å². The summed E-state index contributed by atoms with van der Waals surface area (Å²) < 4.78 is 4.78. The molecule has 1 rings (SSSR count). The second-order valence-electron chi connectivity index (χ2n) is 2.87. The molecule has 0 saturated heterocycles. The predicted molar refractivity (Wildman–Crippen MR) is 44.6 cm³/mol. The average molecular weight is 180 g/mol. The average Bonchev–Trinajstić information content (AvgIpc) is 2.43. The molecule has 1 aliphatic carbocycles. The van der Waals surface area contributed by atoms with Gasteiger partial charge in [-0.2, -0.15) is 0 Å². The number of ether oxygens (including phenoxy) is 1. The number of carbonyl (C=O) groups is 1. The molecule has 0 aliphatic heterocycles. The minimum Gasteiger partial charge on any atom is -0.465 e. The Morgan fingerprint density at radius 2 is 2.27 bits per heavy atom. The van der Waals surface area contributed by atoms with E-state index in [1.807, 2.05) is 6.92 Å². The SMILES string of the molecule is CCOC(=O)[C@]1(N)C[C@H]1C.Cl. The van der Waals surface area contributed by atoms with Gasteiger partial charge in [0.2, 0.25) is 0 Å². The molecule has 2 N–H and O–H groups in total. The van der Waals surface area contributed by atoms with Crippen molar-refractivity contribution in [2.45, 2.75) is 25.8 Å². The minimum absolute atomic E-state index is 0. The molecule has 0 unspecified atom stereocenters. The van der Waals surface area contributed by atoms with Crippen molar-refractivity contribution in [3.05, 3.63) is 0 Å². The normalized spacial score (nSPS) is 33.9. The summed E-state index contributed by atoms with van der Waals surface area (Å²) >= 11 is 0. The van der Waals surface area contributed by atoms with Crippen LogP contribution in [0.5, 0.6) is 0 Å². The van der Waals surface area contributed by atoms with Gasteiger partial charge in [-0.3, -0.25) is 4.79 Å². The minimum atomic E-state index is -0.643. The van der Waals surface area contributed by atoms with E-state index in [-0.39, 0.29) is 18.4 Å². The third-order valence-corrected chi connectivity index (χ3v) is 2.02. The highest BCUT2D eigenvalue weighted by Gasteiger charge is 2.55. The first-order valence-corrected chi connectivity index (χ1v) is 3.57. The highest BCUT2D eigenvalue weighted by atomic mass is 35.5. The number of esters is 1. The summed E-state index contributed by atoms with van der Waals surface area (Å²) in [4.78, 5) is 11.0. The van der Waals surface area contributed by atoms with Crippen LogP contribution in [0.4, 0.5) is 0 Å². The van der Waals surface area contributed by atoms with Gasteiger partial charge in [-0.1, -0.05) is 6.92 Å². The fraction of sp³-hybridized carbons (Fsp3) is 0.857. The zero-order valence-electron chi connectivity index (χ0n) is 6.79. The Balaban J connectivity index is 0.000001000. The van der Waals surface area contributed by atoms with E-state index in [4.69, 9.17) is 10.5 Å². The number of rotatable bonds is 2. The van der Waals surface area contributed by atoms with E-state index in [2.05, 4.69) is 0 Å². The third-order valence-electron chi connectivity index (χ3n) is 2.02. The standard InChI is InChI=1S/C7H13NO2.ClH/c1-3-10-6(9)7(8)4-5(7)2;/h5H,3-4,8H2,1-2H3;1H/t5-,7+;/m1./s1. The number of carbonyl (C=O) groups excluding carboxylic acids is 1. The Kier molecular flexibility index (Phi) is 3.32. The predicted octanol–water partition coefficient (Wildman–Crippen LogP) is 0.709. The molecule has 1 aliphatic rings. The van der Waals surface area contributed by atoms with Crippen LogP contribution in [-0.2, 0) is 9.53 Å². The van der Waals surface area contributed by atoms with Gasteiger partial charge in [-0.25, -0.2) is 0 Å². The molecule has 11 heavy (non-hydrogen) atoms. The summed E-state index contributed by atoms with van der Waals surface area (Å²) in [6.07, 6.45) is 0.770. The molecule has 0 radical (unpaired) electrons. The van der Waals surface area contributed by atoms with Gasteiger partial charge in [0.1, 0.15) is 5.54 Å². The second-order valence-corrected chi connectivity index (χ2v) is 2.87. The van der Waals surface area contributed by atoms with Crippen molar-refractivity contribution in [2.75, 3.05) is 6.61 Å². The quantitative estimate of drug-likeness (QED) is 0.636. The van der Waals surface area contributed by atoms with Crippen LogP contribution in [0.1, 0.15) is 20.3 Å². The van der Waals surface area contributed by atoms with Gasteiger partial charge in [-0.15, -0.1) is 12.4 Å². The lowest BCUT2D eigenvalue weighted by Gasteiger charge is -2.07. The maximum Gasteiger partial charge on any atom is 0.326 e. The monoisotopic (exact) mass is 179 g/mol. The first kappa shape index (κ1) is 10.7. The molecule has 1 saturated carbocycles. The number of nitrogens with two attached hydrogens (primary N) is 1. The summed E-state index contributed by atoms with van der Waals surface area (Å²) in [7, 11) is 0. The third kappa shape index (κ3) is 1.84. The van der Waals surface area contributed by atoms with Crippen LogP contribution in [0.3, 0.4) is 0 Å². The van der Waals surface area contributed by atoms with Crippen molar-refractivity contribution >= 4 is 18.4 Å². The number of hydrogen-bond acceptors (Lipinski definition) is 3. The van der Waals surface area contributed by atoms with Crippen molar-refractivity contribution in [1.82, 2.24) is 0 Å². The molecule has 0 spiro atoms. The van der Waals surface area contributed by atoms with Crippen LogP contribution in [0.25, 0.3) is 0 Å². The number of hydrogen-bond donors (Lipinski definition) is 1. The maximum absolute atomic E-state index is 11.0. The van der Waals surface area contributed by atoms with E-state index in [9.17, 15) is 4.79 Å². The first-order chi connectivity index (χ1) is 4.61. The Labute approximate surface area is 72.7 Å². The molecular weight excluding hydrogens is 166 g/mol. The van der Waals surface area contributed by atoms with Crippen LogP contribution in [0, 0.1) is 5.92 Å². The van der Waals surface area contributed by atoms with Crippen molar-refractivity contribution in [3.8, 4) is 0 Å². The highest BCUT2D eigenvalue weighted by molar-refractivity contribution is 5.85. The summed E-state index contributed by atoms with van der Waals surface area (Å²) in [6, 6.07) is 0. The zero-order chi connectivity index (χ0) is 7.78. The van der Waals surface area contributed by atoms with Gasteiger partial charge in [0.15, 0.2) is 0 Å². The van der Waals surface area contributed by atoms with Crippen molar-refractivity contribution in [1.29, 1.82) is 0 Å². The van der Waals surface area contributed by atoms with Crippen LogP contribution in [0.15, 0.2) is 0 Å². The molecule has 2 atom stereocenters. The van der Waals surface area contributed by atoms with E-state index in [1.165, 1.54) is 0 Å². The van der Waals surface area contributed by atoms with Gasteiger partial charge < -0.3 is 10.5 Å². The van der Waals surface area contributed by atoms with Gasteiger partial charge in [-0.05, 0) is 19.3 Å². The van der Waals surface area contributed by atoms with Crippen molar-refractivity contribution < 1.29 is 9.53 Å². The van der Waals surface area contributed by atoms with Crippen LogP contribution in [-0.4, -0.2) is 18.1 Å². The highest BCUT2D eigenvalue weighted by Crippen LogP contribution is 2.41. The van der Waals surface area contributed by atoms with Gasteiger partial charge in [0.05, 0.1) is 6.61 Å². The molecule has 0 aromatic carbocycles. The fourth-order valence-electron chi connectivity index (χ4n) is 0.998. The summed E-state index contributed by atoms with van der Waals surface area (Å²) in [5, 5.41) is 0. The Morgan fingerprint density at radius 1 is 1.82 bits per heavy atom. The van der Waals surface area contributed by atoms with Gasteiger partial charge in [0.25, 0.3) is 0 Å². The molecule has 66 valence electrons. The Bertz CT molecular complexity index is 163. The summed E-state index contributed by atoms with van der Waals surface area (Å²) in [6.45, 7) is 4.16. The zero-order valence-corrected chi connectivity index (χ0v) is 7.61. The maximum atomic E-state index is 11.0. The van der Waals surface area contributed by atoms with E-state index in [0.717, 1.165) is 6.42 Å². The van der Waals surface area contributed by atoms with Gasteiger partial charge >= 0.3 is 5.97 Å². The molecule has 0 aromatic heterocycles. The fourth-order valence-corrected chi connectivity index (χ4v) is 0.998. The Hall–Kier alpha value is -0.280. The summed E-state index contributed by atoms with van der Waals surface area (Å²) in [5.41, 5.74) is 5.00. The van der Waals surface area contributed by atoms with E-state index >= 15 is 0 Å². The molecule has 0 heterocycles. The second kappa shape index (κ2) is 3.41. The molecule has 4 heteroatoms. The molecule has 0 aromatic rings. The number of halogens is 1. The molecule has 3 nitrogen and oxygen atoms in total. The lowest BCUT2D eigenvalue weighted by molar-refractivity contribution is -0.146. The van der Waals surface area contributed by atoms with E-state index in [0.29, 0.717) is 12.5 Å².